The maximum absolute atomic E-state index is 12.9. The first-order chi connectivity index (χ1) is 38.2. The number of unbranched alkanes of at least 4 members (excludes halogenated alkanes) is 10. The number of rotatable bonds is 52. The van der Waals surface area contributed by atoms with Crippen LogP contribution in [-0.4, -0.2) is 66.5 Å². The zero-order valence-electron chi connectivity index (χ0n) is 48.3. The molecule has 0 spiro atoms. The molecule has 0 rings (SSSR count). The van der Waals surface area contributed by atoms with Crippen LogP contribution < -0.4 is 0 Å². The van der Waals surface area contributed by atoms with E-state index in [1.807, 2.05) is 18.2 Å². The number of aliphatic hydroxyl groups excluding tert-OH is 1. The number of carbonyl (C=O) groups is 3. The minimum Gasteiger partial charge on any atom is -0.462 e. The summed E-state index contributed by atoms with van der Waals surface area (Å²) in [4.78, 5) is 48.6. The molecule has 2 N–H and O–H groups in total. The summed E-state index contributed by atoms with van der Waals surface area (Å²) in [6, 6.07) is 0. The third-order valence-electron chi connectivity index (χ3n) is 11.5. The smallest absolute Gasteiger partial charge is 0.462 e. The van der Waals surface area contributed by atoms with E-state index in [2.05, 4.69) is 154 Å². The van der Waals surface area contributed by atoms with E-state index in [4.69, 9.17) is 23.3 Å². The fraction of sp³-hybridized carbons (Fsp3) is 0.561. The van der Waals surface area contributed by atoms with Gasteiger partial charge in [-0.3, -0.25) is 23.4 Å². The van der Waals surface area contributed by atoms with Crippen molar-refractivity contribution < 1.29 is 52.2 Å². The molecule has 0 aromatic heterocycles. The van der Waals surface area contributed by atoms with Gasteiger partial charge in [0.25, 0.3) is 0 Å². The van der Waals surface area contributed by atoms with Crippen molar-refractivity contribution in [1.29, 1.82) is 0 Å². The monoisotopic (exact) mass is 1100 g/mol. The Morgan fingerprint density at radius 3 is 1.06 bits per heavy atom. The number of carbonyl (C=O) groups excluding carboxylic acids is 3. The molecule has 0 aromatic carbocycles. The van der Waals surface area contributed by atoms with Crippen molar-refractivity contribution in [2.24, 2.45) is 0 Å². The summed E-state index contributed by atoms with van der Waals surface area (Å²) in [7, 11) is -4.80. The van der Waals surface area contributed by atoms with E-state index in [1.165, 1.54) is 0 Å². The molecule has 3 unspecified atom stereocenters. The van der Waals surface area contributed by atoms with Gasteiger partial charge in [0.1, 0.15) is 12.7 Å². The van der Waals surface area contributed by atoms with Crippen molar-refractivity contribution in [1.82, 2.24) is 0 Å². The van der Waals surface area contributed by atoms with Crippen molar-refractivity contribution in [3.63, 3.8) is 0 Å². The molecule has 78 heavy (non-hydrogen) atoms. The zero-order chi connectivity index (χ0) is 56.9. The largest absolute Gasteiger partial charge is 0.472 e. The minimum absolute atomic E-state index is 0.0665. The lowest BCUT2D eigenvalue weighted by Crippen LogP contribution is -2.30. The molecule has 12 heteroatoms. The summed E-state index contributed by atoms with van der Waals surface area (Å²) in [5, 5.41) is 9.80. The minimum atomic E-state index is -4.80. The quantitative estimate of drug-likeness (QED) is 0.0197. The van der Waals surface area contributed by atoms with E-state index in [1.54, 1.807) is 6.08 Å². The third kappa shape index (κ3) is 55.8. The van der Waals surface area contributed by atoms with Crippen LogP contribution in [0.15, 0.2) is 158 Å². The van der Waals surface area contributed by atoms with Crippen LogP contribution in [0.1, 0.15) is 201 Å². The van der Waals surface area contributed by atoms with Crippen molar-refractivity contribution >= 4 is 25.7 Å². The van der Waals surface area contributed by atoms with Gasteiger partial charge in [0.15, 0.2) is 6.10 Å². The van der Waals surface area contributed by atoms with Crippen molar-refractivity contribution in [2.45, 2.75) is 213 Å². The number of phosphoric ester groups is 1. The number of hydrogen-bond acceptors (Lipinski definition) is 10. The standard InChI is InChI=1S/C66H103O11P/c1-4-7-10-13-16-19-22-25-28-30-31-33-36-39-42-45-48-51-54-57-66(70)77-63(59-73-64(68)55-52-49-46-43-40-37-35-32-29-26-23-20-17-14-11-8-5-2)61-75-78(71,72)74-60-62(58-67)76-65(69)56-53-50-47-44-41-38-34-27-24-21-18-15-12-9-6-3/h7-12,16-21,25-29,31,33-35,37,41,44,50,53,62-63,67H,4-6,13-15,22-24,30,32,36,38-40,42-43,45-49,51-52,54-61H2,1-3H3,(H,71,72)/b10-7-,11-8-,12-9-,19-16-,20-17-,21-18-,28-25-,29-26-,33-31-,34-27-,37-35-,44-41-,53-50-. The maximum atomic E-state index is 12.9. The van der Waals surface area contributed by atoms with Gasteiger partial charge >= 0.3 is 25.7 Å². The molecule has 0 fully saturated rings. The molecule has 0 heterocycles. The van der Waals surface area contributed by atoms with Gasteiger partial charge in [0.05, 0.1) is 26.2 Å². The summed E-state index contributed by atoms with van der Waals surface area (Å²) in [5.74, 6) is -1.67. The highest BCUT2D eigenvalue weighted by Gasteiger charge is 2.28. The van der Waals surface area contributed by atoms with E-state index >= 15 is 0 Å². The maximum Gasteiger partial charge on any atom is 0.472 e. The summed E-state index contributed by atoms with van der Waals surface area (Å²) in [5.41, 5.74) is 0. The number of allylic oxidation sites excluding steroid dienone is 25. The molecule has 0 aliphatic heterocycles. The second kappa shape index (κ2) is 58.3. The number of aliphatic hydroxyl groups is 1. The lowest BCUT2D eigenvalue weighted by Gasteiger charge is -2.21. The summed E-state index contributed by atoms with van der Waals surface area (Å²) >= 11 is 0. The SMILES string of the molecule is CC/C=C\C/C=C\C/C=C\C/C=C\C/C=C\CC(=O)OC(CO)COP(=O)(O)OCC(COC(=O)CCCCCC/C=C\C/C=C\C/C=C\C/C=C\CC)OC(=O)CCCCCCCC/C=C\C/C=C\C/C=C\C/C=C\CC. The first-order valence-electron chi connectivity index (χ1n) is 29.4. The van der Waals surface area contributed by atoms with Crippen LogP contribution in [0.5, 0.6) is 0 Å². The molecule has 0 saturated carbocycles. The molecule has 0 aliphatic carbocycles. The van der Waals surface area contributed by atoms with Gasteiger partial charge in [0.2, 0.25) is 0 Å². The fourth-order valence-electron chi connectivity index (χ4n) is 7.12. The fourth-order valence-corrected chi connectivity index (χ4v) is 7.90. The average molecular weight is 1100 g/mol. The highest BCUT2D eigenvalue weighted by molar-refractivity contribution is 7.47. The van der Waals surface area contributed by atoms with Crippen LogP contribution in [0.25, 0.3) is 0 Å². The van der Waals surface area contributed by atoms with Crippen molar-refractivity contribution in [3.05, 3.63) is 158 Å². The number of hydrogen-bond donors (Lipinski definition) is 2. The zero-order valence-corrected chi connectivity index (χ0v) is 49.2. The topological polar surface area (TPSA) is 155 Å². The van der Waals surface area contributed by atoms with Gasteiger partial charge in [-0.05, 0) is 122 Å². The first-order valence-corrected chi connectivity index (χ1v) is 30.9. The van der Waals surface area contributed by atoms with E-state index in [-0.39, 0.29) is 25.9 Å². The van der Waals surface area contributed by atoms with Crippen molar-refractivity contribution in [2.75, 3.05) is 26.4 Å². The Morgan fingerprint density at radius 2 is 0.679 bits per heavy atom. The van der Waals surface area contributed by atoms with Crippen LogP contribution in [0.4, 0.5) is 0 Å². The van der Waals surface area contributed by atoms with E-state index < -0.39 is 57.8 Å². The predicted molar refractivity (Wildman–Crippen MR) is 325 cm³/mol. The van der Waals surface area contributed by atoms with E-state index in [9.17, 15) is 28.9 Å². The highest BCUT2D eigenvalue weighted by Crippen LogP contribution is 2.43. The van der Waals surface area contributed by atoms with Crippen LogP contribution in [-0.2, 0) is 42.2 Å². The summed E-state index contributed by atoms with van der Waals surface area (Å²) < 4.78 is 39.4. The Bertz CT molecular complexity index is 1910. The Balaban J connectivity index is 4.90. The third-order valence-corrected chi connectivity index (χ3v) is 12.4. The lowest BCUT2D eigenvalue weighted by atomic mass is 10.1. The van der Waals surface area contributed by atoms with Crippen LogP contribution in [0, 0.1) is 0 Å². The molecular weight excluding hydrogens is 1000 g/mol. The molecular formula is C66H103O11P. The summed E-state index contributed by atoms with van der Waals surface area (Å²) in [6.45, 7) is 4.12. The molecule has 0 aliphatic rings. The predicted octanol–water partition coefficient (Wildman–Crippen LogP) is 17.7. The van der Waals surface area contributed by atoms with Gasteiger partial charge in [-0.25, -0.2) is 4.57 Å². The number of ether oxygens (including phenoxy) is 3. The Morgan fingerprint density at radius 1 is 0.372 bits per heavy atom. The van der Waals surface area contributed by atoms with Crippen molar-refractivity contribution in [3.8, 4) is 0 Å². The molecule has 0 amide bonds. The van der Waals surface area contributed by atoms with E-state index in [0.29, 0.717) is 19.3 Å². The highest BCUT2D eigenvalue weighted by atomic mass is 31.2. The molecule has 438 valence electrons. The van der Waals surface area contributed by atoms with E-state index in [0.717, 1.165) is 141 Å². The molecule has 11 nitrogen and oxygen atoms in total. The molecule has 0 saturated heterocycles. The van der Waals surface area contributed by atoms with Crippen LogP contribution in [0.3, 0.4) is 0 Å². The number of phosphoric acid groups is 1. The number of esters is 3. The first kappa shape index (κ1) is 73.1. The molecule has 3 atom stereocenters. The van der Waals surface area contributed by atoms with Gasteiger partial charge in [0, 0.05) is 12.8 Å². The second-order valence-corrected chi connectivity index (χ2v) is 20.1. The Kier molecular flexibility index (Phi) is 54.6. The second-order valence-electron chi connectivity index (χ2n) is 18.7. The van der Waals surface area contributed by atoms with Gasteiger partial charge in [-0.2, -0.15) is 0 Å². The van der Waals surface area contributed by atoms with Gasteiger partial charge in [-0.15, -0.1) is 0 Å². The Hall–Kier alpha value is -4.90. The van der Waals surface area contributed by atoms with Gasteiger partial charge in [-0.1, -0.05) is 217 Å². The normalized spacial score (nSPS) is 14.5. The molecule has 0 aromatic rings. The molecule has 0 bridgehead atoms. The molecule has 0 radical (unpaired) electrons. The van der Waals surface area contributed by atoms with Gasteiger partial charge < -0.3 is 24.2 Å². The lowest BCUT2D eigenvalue weighted by molar-refractivity contribution is -0.161. The van der Waals surface area contributed by atoms with Crippen LogP contribution in [0.2, 0.25) is 0 Å². The average Bonchev–Trinajstić information content (AvgIpc) is 3.43. The summed E-state index contributed by atoms with van der Waals surface area (Å²) in [6.07, 6.45) is 76.5. The van der Waals surface area contributed by atoms with Crippen LogP contribution >= 0.6 is 7.82 Å². The Labute approximate surface area is 473 Å².